The zero-order valence-electron chi connectivity index (χ0n) is 10.9. The highest BCUT2D eigenvalue weighted by atomic mass is 16.5. The molecule has 0 aromatic carbocycles. The molecule has 2 atom stereocenters. The first-order chi connectivity index (χ1) is 8.52. The van der Waals surface area contributed by atoms with Crippen molar-refractivity contribution in [3.8, 4) is 0 Å². The summed E-state index contributed by atoms with van der Waals surface area (Å²) in [6.07, 6.45) is 2.34. The highest BCUT2D eigenvalue weighted by Crippen LogP contribution is 2.24. The van der Waals surface area contributed by atoms with Crippen molar-refractivity contribution < 1.29 is 9.53 Å². The first-order valence-electron chi connectivity index (χ1n) is 5.92. The molecular formula is C12H18N4O2. The van der Waals surface area contributed by atoms with E-state index in [0.717, 1.165) is 11.3 Å². The maximum atomic E-state index is 11.5. The highest BCUT2D eigenvalue weighted by molar-refractivity contribution is 5.83. The van der Waals surface area contributed by atoms with E-state index in [0.29, 0.717) is 18.9 Å². The van der Waals surface area contributed by atoms with Crippen LogP contribution in [-0.4, -0.2) is 41.7 Å². The lowest BCUT2D eigenvalue weighted by molar-refractivity contribution is -0.119. The monoisotopic (exact) mass is 250 g/mol. The van der Waals surface area contributed by atoms with E-state index >= 15 is 0 Å². The number of carbonyl (C=O) groups excluding carboxylic acids is 1. The highest BCUT2D eigenvalue weighted by Gasteiger charge is 2.37. The standard InChI is InChI=1S/C12H18N4O2/c1-7-5-14-12(15-8(7)2)16-6-9(18-3)4-10(16)11(13)17/h5,9-10H,4,6H2,1-3H3,(H2,13,17)/t9-,10-/m0/s1. The topological polar surface area (TPSA) is 81.3 Å². The van der Waals surface area contributed by atoms with Crippen molar-refractivity contribution in [2.45, 2.75) is 32.4 Å². The zero-order valence-corrected chi connectivity index (χ0v) is 10.9. The first kappa shape index (κ1) is 12.8. The van der Waals surface area contributed by atoms with Crippen molar-refractivity contribution in [2.75, 3.05) is 18.6 Å². The fraction of sp³-hybridized carbons (Fsp3) is 0.583. The third kappa shape index (κ3) is 2.28. The van der Waals surface area contributed by atoms with Gasteiger partial charge in [0.1, 0.15) is 6.04 Å². The SMILES string of the molecule is CO[C@H]1C[C@@H](C(N)=O)N(c2ncc(C)c(C)n2)C1. The van der Waals surface area contributed by atoms with Gasteiger partial charge in [-0.05, 0) is 19.4 Å². The van der Waals surface area contributed by atoms with Crippen LogP contribution in [0.2, 0.25) is 0 Å². The van der Waals surface area contributed by atoms with Crippen LogP contribution >= 0.6 is 0 Å². The summed E-state index contributed by atoms with van der Waals surface area (Å²) in [6.45, 7) is 4.46. The van der Waals surface area contributed by atoms with E-state index in [1.165, 1.54) is 0 Å². The van der Waals surface area contributed by atoms with Crippen LogP contribution in [0.4, 0.5) is 5.95 Å². The van der Waals surface area contributed by atoms with Gasteiger partial charge in [-0.1, -0.05) is 0 Å². The van der Waals surface area contributed by atoms with E-state index in [1.54, 1.807) is 13.3 Å². The number of aryl methyl sites for hydroxylation is 2. The van der Waals surface area contributed by atoms with Crippen LogP contribution in [0.15, 0.2) is 6.20 Å². The van der Waals surface area contributed by atoms with Gasteiger partial charge in [-0.3, -0.25) is 4.79 Å². The number of primary amides is 1. The van der Waals surface area contributed by atoms with E-state index in [2.05, 4.69) is 9.97 Å². The van der Waals surface area contributed by atoms with Gasteiger partial charge in [-0.2, -0.15) is 0 Å². The largest absolute Gasteiger partial charge is 0.380 e. The third-order valence-electron chi connectivity index (χ3n) is 3.39. The Morgan fingerprint density at radius 2 is 2.28 bits per heavy atom. The summed E-state index contributed by atoms with van der Waals surface area (Å²) in [5.41, 5.74) is 7.35. The van der Waals surface area contributed by atoms with Gasteiger partial charge in [-0.15, -0.1) is 0 Å². The van der Waals surface area contributed by atoms with Crippen molar-refractivity contribution in [1.29, 1.82) is 0 Å². The Bertz CT molecular complexity index is 463. The summed E-state index contributed by atoms with van der Waals surface area (Å²) in [5, 5.41) is 0. The molecule has 1 aliphatic rings. The molecule has 6 nitrogen and oxygen atoms in total. The second-order valence-electron chi connectivity index (χ2n) is 4.60. The Morgan fingerprint density at radius 1 is 1.56 bits per heavy atom. The minimum atomic E-state index is -0.392. The Labute approximate surface area is 106 Å². The van der Waals surface area contributed by atoms with E-state index < -0.39 is 6.04 Å². The molecule has 1 fully saturated rings. The fourth-order valence-electron chi connectivity index (χ4n) is 2.11. The molecule has 1 aliphatic heterocycles. The molecule has 0 spiro atoms. The van der Waals surface area contributed by atoms with E-state index in [-0.39, 0.29) is 12.0 Å². The maximum Gasteiger partial charge on any atom is 0.240 e. The smallest absolute Gasteiger partial charge is 0.240 e. The Balaban J connectivity index is 2.29. The molecule has 1 amide bonds. The molecule has 98 valence electrons. The second kappa shape index (κ2) is 4.89. The number of nitrogens with zero attached hydrogens (tertiary/aromatic N) is 3. The molecule has 1 aromatic rings. The van der Waals surface area contributed by atoms with Crippen LogP contribution in [-0.2, 0) is 9.53 Å². The number of aromatic nitrogens is 2. The van der Waals surface area contributed by atoms with Crippen LogP contribution in [0, 0.1) is 13.8 Å². The lowest BCUT2D eigenvalue weighted by Crippen LogP contribution is -2.41. The number of carbonyl (C=O) groups is 1. The Kier molecular flexibility index (Phi) is 3.47. The van der Waals surface area contributed by atoms with E-state index in [9.17, 15) is 4.79 Å². The van der Waals surface area contributed by atoms with Gasteiger partial charge >= 0.3 is 0 Å². The molecule has 2 heterocycles. The lowest BCUT2D eigenvalue weighted by atomic mass is 10.2. The molecule has 1 saturated heterocycles. The van der Waals surface area contributed by atoms with Crippen LogP contribution in [0.1, 0.15) is 17.7 Å². The number of methoxy groups -OCH3 is 1. The normalized spacial score (nSPS) is 23.4. The molecule has 18 heavy (non-hydrogen) atoms. The molecule has 0 radical (unpaired) electrons. The summed E-state index contributed by atoms with van der Waals surface area (Å²) in [4.78, 5) is 22.0. The van der Waals surface area contributed by atoms with Gasteiger partial charge in [0.15, 0.2) is 0 Å². The minimum Gasteiger partial charge on any atom is -0.380 e. The average molecular weight is 250 g/mol. The molecule has 0 saturated carbocycles. The second-order valence-corrected chi connectivity index (χ2v) is 4.60. The molecule has 0 bridgehead atoms. The number of nitrogens with two attached hydrogens (primary N) is 1. The quantitative estimate of drug-likeness (QED) is 0.827. The molecule has 0 unspecified atom stereocenters. The van der Waals surface area contributed by atoms with Crippen molar-refractivity contribution >= 4 is 11.9 Å². The number of anilines is 1. The van der Waals surface area contributed by atoms with Crippen molar-refractivity contribution in [3.63, 3.8) is 0 Å². The molecular weight excluding hydrogens is 232 g/mol. The van der Waals surface area contributed by atoms with Gasteiger partial charge in [0.2, 0.25) is 11.9 Å². The van der Waals surface area contributed by atoms with Crippen molar-refractivity contribution in [2.24, 2.45) is 5.73 Å². The number of rotatable bonds is 3. The van der Waals surface area contributed by atoms with Crippen LogP contribution in [0.3, 0.4) is 0 Å². The summed E-state index contributed by atoms with van der Waals surface area (Å²) < 4.78 is 5.29. The van der Waals surface area contributed by atoms with Gasteiger partial charge in [0.05, 0.1) is 6.10 Å². The van der Waals surface area contributed by atoms with Gasteiger partial charge in [-0.25, -0.2) is 9.97 Å². The van der Waals surface area contributed by atoms with E-state index in [4.69, 9.17) is 10.5 Å². The van der Waals surface area contributed by atoms with Crippen molar-refractivity contribution in [1.82, 2.24) is 9.97 Å². The average Bonchev–Trinajstić information content (AvgIpc) is 2.77. The number of hydrogen-bond donors (Lipinski definition) is 1. The van der Waals surface area contributed by atoms with E-state index in [1.807, 2.05) is 18.7 Å². The number of amides is 1. The number of hydrogen-bond acceptors (Lipinski definition) is 5. The van der Waals surface area contributed by atoms with Crippen LogP contribution in [0.25, 0.3) is 0 Å². The lowest BCUT2D eigenvalue weighted by Gasteiger charge is -2.22. The third-order valence-corrected chi connectivity index (χ3v) is 3.39. The fourth-order valence-corrected chi connectivity index (χ4v) is 2.11. The molecule has 0 aliphatic carbocycles. The summed E-state index contributed by atoms with van der Waals surface area (Å²) in [5.74, 6) is 0.179. The van der Waals surface area contributed by atoms with Gasteiger partial charge in [0, 0.05) is 32.0 Å². The minimum absolute atomic E-state index is 0.00675. The Hall–Kier alpha value is -1.69. The molecule has 6 heteroatoms. The molecule has 2 rings (SSSR count). The van der Waals surface area contributed by atoms with Gasteiger partial charge in [0.25, 0.3) is 0 Å². The van der Waals surface area contributed by atoms with Crippen LogP contribution < -0.4 is 10.6 Å². The zero-order chi connectivity index (χ0) is 13.3. The first-order valence-corrected chi connectivity index (χ1v) is 5.92. The van der Waals surface area contributed by atoms with Gasteiger partial charge < -0.3 is 15.4 Å². The molecule has 1 aromatic heterocycles. The summed E-state index contributed by atoms with van der Waals surface area (Å²) in [7, 11) is 1.63. The predicted molar refractivity (Wildman–Crippen MR) is 67.2 cm³/mol. The Morgan fingerprint density at radius 3 is 2.83 bits per heavy atom. The molecule has 2 N–H and O–H groups in total. The summed E-state index contributed by atoms with van der Waals surface area (Å²) >= 11 is 0. The number of ether oxygens (including phenoxy) is 1. The summed E-state index contributed by atoms with van der Waals surface area (Å²) in [6, 6.07) is -0.392. The maximum absolute atomic E-state index is 11.5. The van der Waals surface area contributed by atoms with Crippen LogP contribution in [0.5, 0.6) is 0 Å². The van der Waals surface area contributed by atoms with Crippen molar-refractivity contribution in [3.05, 3.63) is 17.5 Å². The predicted octanol–water partition coefficient (Wildman–Crippen LogP) is 0.172.